The number of aromatic nitrogens is 2. The SMILES string of the molecule is CCCn1c(=O)n(CC(=O)Nc2ccc(C)cc2F)c2ccccc21. The molecule has 3 aromatic rings. The zero-order valence-corrected chi connectivity index (χ0v) is 14.3. The lowest BCUT2D eigenvalue weighted by Gasteiger charge is -2.08. The first kappa shape index (κ1) is 17.0. The number of para-hydroxylation sites is 2. The minimum absolute atomic E-state index is 0.112. The highest BCUT2D eigenvalue weighted by Gasteiger charge is 2.15. The Kier molecular flexibility index (Phi) is 4.70. The van der Waals surface area contributed by atoms with Gasteiger partial charge in [-0.3, -0.25) is 13.9 Å². The van der Waals surface area contributed by atoms with Gasteiger partial charge in [0.05, 0.1) is 16.7 Å². The number of amides is 1. The standard InChI is InChI=1S/C19H20FN3O2/c1-3-10-22-16-6-4-5-7-17(16)23(19(22)25)12-18(24)21-15-9-8-13(2)11-14(15)20/h4-9,11H,3,10,12H2,1-2H3,(H,21,24). The van der Waals surface area contributed by atoms with E-state index < -0.39 is 11.7 Å². The molecule has 0 atom stereocenters. The first-order chi connectivity index (χ1) is 12.0. The van der Waals surface area contributed by atoms with Crippen LogP contribution in [-0.4, -0.2) is 15.0 Å². The lowest BCUT2D eigenvalue weighted by atomic mass is 10.2. The monoisotopic (exact) mass is 341 g/mol. The fourth-order valence-corrected chi connectivity index (χ4v) is 2.92. The maximum atomic E-state index is 13.9. The molecule has 0 bridgehead atoms. The normalized spacial score (nSPS) is 11.0. The van der Waals surface area contributed by atoms with Gasteiger partial charge in [-0.25, -0.2) is 9.18 Å². The lowest BCUT2D eigenvalue weighted by molar-refractivity contribution is -0.116. The van der Waals surface area contributed by atoms with Gasteiger partial charge < -0.3 is 5.32 Å². The molecule has 0 spiro atoms. The van der Waals surface area contributed by atoms with Crippen molar-refractivity contribution < 1.29 is 9.18 Å². The van der Waals surface area contributed by atoms with Crippen LogP contribution in [0.25, 0.3) is 11.0 Å². The van der Waals surface area contributed by atoms with Crippen LogP contribution in [0.3, 0.4) is 0 Å². The Morgan fingerprint density at radius 1 is 1.12 bits per heavy atom. The van der Waals surface area contributed by atoms with E-state index in [1.165, 1.54) is 16.7 Å². The Morgan fingerprint density at radius 3 is 2.44 bits per heavy atom. The third kappa shape index (κ3) is 3.33. The fraction of sp³-hybridized carbons (Fsp3) is 0.263. The van der Waals surface area contributed by atoms with E-state index in [4.69, 9.17) is 0 Å². The average Bonchev–Trinajstić information content (AvgIpc) is 2.84. The summed E-state index contributed by atoms with van der Waals surface area (Å²) in [6.07, 6.45) is 0.814. The summed E-state index contributed by atoms with van der Waals surface area (Å²) in [5.41, 5.74) is 2.14. The number of aryl methyl sites for hydroxylation is 2. The molecule has 5 nitrogen and oxygen atoms in total. The van der Waals surface area contributed by atoms with E-state index in [1.54, 1.807) is 17.6 Å². The molecule has 1 amide bonds. The molecule has 1 N–H and O–H groups in total. The summed E-state index contributed by atoms with van der Waals surface area (Å²) in [6.45, 7) is 4.19. The minimum atomic E-state index is -0.492. The van der Waals surface area contributed by atoms with E-state index in [0.717, 1.165) is 17.5 Å². The van der Waals surface area contributed by atoms with Crippen LogP contribution in [0.5, 0.6) is 0 Å². The number of fused-ring (bicyclic) bond motifs is 1. The first-order valence-corrected chi connectivity index (χ1v) is 8.25. The predicted octanol–water partition coefficient (Wildman–Crippen LogP) is 3.30. The summed E-state index contributed by atoms with van der Waals surface area (Å²) in [5, 5.41) is 2.54. The molecule has 2 aromatic carbocycles. The van der Waals surface area contributed by atoms with Crippen LogP contribution in [0, 0.1) is 12.7 Å². The number of halogens is 1. The largest absolute Gasteiger partial charge is 0.329 e. The van der Waals surface area contributed by atoms with Gasteiger partial charge in [-0.15, -0.1) is 0 Å². The minimum Gasteiger partial charge on any atom is -0.322 e. The fourth-order valence-electron chi connectivity index (χ4n) is 2.92. The maximum absolute atomic E-state index is 13.9. The molecule has 3 rings (SSSR count). The molecule has 0 saturated carbocycles. The Morgan fingerprint density at radius 2 is 1.80 bits per heavy atom. The van der Waals surface area contributed by atoms with Crippen LogP contribution in [0.15, 0.2) is 47.3 Å². The third-order valence-corrected chi connectivity index (χ3v) is 4.07. The molecular weight excluding hydrogens is 321 g/mol. The highest BCUT2D eigenvalue weighted by atomic mass is 19.1. The van der Waals surface area contributed by atoms with Crippen LogP contribution in [0.2, 0.25) is 0 Å². The topological polar surface area (TPSA) is 56.0 Å². The third-order valence-electron chi connectivity index (χ3n) is 4.07. The summed E-state index contributed by atoms with van der Waals surface area (Å²) in [6, 6.07) is 12.0. The second kappa shape index (κ2) is 6.93. The van der Waals surface area contributed by atoms with Crippen molar-refractivity contribution in [2.75, 3.05) is 5.32 Å². The molecule has 130 valence electrons. The molecule has 0 radical (unpaired) electrons. The van der Waals surface area contributed by atoms with Gasteiger partial charge in [0.15, 0.2) is 0 Å². The summed E-state index contributed by atoms with van der Waals surface area (Å²) in [4.78, 5) is 25.0. The van der Waals surface area contributed by atoms with Gasteiger partial charge in [0.1, 0.15) is 12.4 Å². The molecule has 6 heteroatoms. The molecule has 0 aliphatic heterocycles. The van der Waals surface area contributed by atoms with E-state index in [9.17, 15) is 14.0 Å². The second-order valence-electron chi connectivity index (χ2n) is 6.04. The zero-order chi connectivity index (χ0) is 18.0. The van der Waals surface area contributed by atoms with E-state index in [1.807, 2.05) is 31.2 Å². The van der Waals surface area contributed by atoms with Crippen molar-refractivity contribution in [3.63, 3.8) is 0 Å². The van der Waals surface area contributed by atoms with E-state index in [2.05, 4.69) is 5.32 Å². The van der Waals surface area contributed by atoms with Crippen molar-refractivity contribution in [1.82, 2.24) is 9.13 Å². The molecule has 1 aromatic heterocycles. The van der Waals surface area contributed by atoms with Gasteiger partial charge in [-0.05, 0) is 43.2 Å². The van der Waals surface area contributed by atoms with Gasteiger partial charge in [0.25, 0.3) is 0 Å². The Labute approximate surface area is 144 Å². The van der Waals surface area contributed by atoms with Gasteiger partial charge in [0.2, 0.25) is 5.91 Å². The molecule has 0 aliphatic carbocycles. The van der Waals surface area contributed by atoms with Gasteiger partial charge in [-0.1, -0.05) is 25.1 Å². The highest BCUT2D eigenvalue weighted by Crippen LogP contribution is 2.16. The highest BCUT2D eigenvalue weighted by molar-refractivity contribution is 5.91. The number of anilines is 1. The Balaban J connectivity index is 1.91. The summed E-state index contributed by atoms with van der Waals surface area (Å²) in [7, 11) is 0. The first-order valence-electron chi connectivity index (χ1n) is 8.25. The van der Waals surface area contributed by atoms with Gasteiger partial charge in [-0.2, -0.15) is 0 Å². The maximum Gasteiger partial charge on any atom is 0.329 e. The Hall–Kier alpha value is -2.89. The zero-order valence-electron chi connectivity index (χ0n) is 14.3. The number of nitrogens with zero attached hydrogens (tertiary/aromatic N) is 2. The molecule has 0 aliphatic rings. The summed E-state index contributed by atoms with van der Waals surface area (Å²) >= 11 is 0. The molecular formula is C19H20FN3O2. The molecule has 0 fully saturated rings. The number of nitrogens with one attached hydrogen (secondary N) is 1. The summed E-state index contributed by atoms with van der Waals surface area (Å²) in [5.74, 6) is -0.932. The van der Waals surface area contributed by atoms with E-state index in [0.29, 0.717) is 12.1 Å². The van der Waals surface area contributed by atoms with Gasteiger partial charge >= 0.3 is 5.69 Å². The lowest BCUT2D eigenvalue weighted by Crippen LogP contribution is -2.29. The van der Waals surface area contributed by atoms with Crippen molar-refractivity contribution >= 4 is 22.6 Å². The van der Waals surface area contributed by atoms with Crippen LogP contribution >= 0.6 is 0 Å². The molecule has 0 saturated heterocycles. The predicted molar refractivity (Wildman–Crippen MR) is 96.3 cm³/mol. The van der Waals surface area contributed by atoms with E-state index >= 15 is 0 Å². The van der Waals surface area contributed by atoms with Crippen LogP contribution in [0.1, 0.15) is 18.9 Å². The van der Waals surface area contributed by atoms with Gasteiger partial charge in [0, 0.05) is 6.54 Å². The van der Waals surface area contributed by atoms with Crippen molar-refractivity contribution in [2.24, 2.45) is 0 Å². The van der Waals surface area contributed by atoms with Crippen molar-refractivity contribution in [2.45, 2.75) is 33.4 Å². The average molecular weight is 341 g/mol. The van der Waals surface area contributed by atoms with Crippen LogP contribution in [0.4, 0.5) is 10.1 Å². The van der Waals surface area contributed by atoms with Crippen LogP contribution in [-0.2, 0) is 17.9 Å². The van der Waals surface area contributed by atoms with Crippen LogP contribution < -0.4 is 11.0 Å². The number of carbonyl (C=O) groups excluding carboxylic acids is 1. The number of hydrogen-bond acceptors (Lipinski definition) is 2. The van der Waals surface area contributed by atoms with Crippen molar-refractivity contribution in [3.05, 3.63) is 64.3 Å². The van der Waals surface area contributed by atoms with E-state index in [-0.39, 0.29) is 17.9 Å². The smallest absolute Gasteiger partial charge is 0.322 e. The number of hydrogen-bond donors (Lipinski definition) is 1. The number of benzene rings is 2. The number of carbonyl (C=O) groups is 1. The quantitative estimate of drug-likeness (QED) is 0.774. The molecule has 0 unspecified atom stereocenters. The molecule has 25 heavy (non-hydrogen) atoms. The summed E-state index contributed by atoms with van der Waals surface area (Å²) < 4.78 is 17.0. The second-order valence-corrected chi connectivity index (χ2v) is 6.04. The number of rotatable bonds is 5. The van der Waals surface area contributed by atoms with Crippen molar-refractivity contribution in [3.8, 4) is 0 Å². The van der Waals surface area contributed by atoms with Crippen molar-refractivity contribution in [1.29, 1.82) is 0 Å². The molecule has 1 heterocycles. The Bertz CT molecular complexity index is 988. The number of imidazole rings is 1.